The average Bonchev–Trinajstić information content (AvgIpc) is 2.77. The summed E-state index contributed by atoms with van der Waals surface area (Å²) in [6.07, 6.45) is 2.62. The number of ether oxygens (including phenoxy) is 1. The first kappa shape index (κ1) is 25.9. The molecule has 0 radical (unpaired) electrons. The molecule has 0 heterocycles. The Bertz CT molecular complexity index is 992. The molecule has 0 fully saturated rings. The van der Waals surface area contributed by atoms with E-state index < -0.39 is 22.0 Å². The minimum atomic E-state index is -4.09. The van der Waals surface area contributed by atoms with Gasteiger partial charge in [0.25, 0.3) is 5.91 Å². The lowest BCUT2D eigenvalue weighted by atomic mass is 10.0. The van der Waals surface area contributed by atoms with Crippen molar-refractivity contribution in [2.24, 2.45) is 5.92 Å². The summed E-state index contributed by atoms with van der Waals surface area (Å²) in [6.45, 7) is 7.75. The fourth-order valence-corrected chi connectivity index (χ4v) is 4.82. The molecule has 7 nitrogen and oxygen atoms in total. The molecule has 0 aliphatic carbocycles. The molecule has 2 aromatic rings. The number of halogens is 1. The molecule has 2 N–H and O–H groups in total. The van der Waals surface area contributed by atoms with Crippen LogP contribution in [0, 0.1) is 5.92 Å². The summed E-state index contributed by atoms with van der Waals surface area (Å²) < 4.78 is 33.9. The lowest BCUT2D eigenvalue weighted by Crippen LogP contribution is -2.49. The third-order valence-electron chi connectivity index (χ3n) is 4.73. The SMILES string of the molecule is C=CCCOc1ccc(S(=O)(=O)N(Cc2ccc(Cl)cc2)[C@H](CC(C)C)C(=O)NO)cc1. The molecular formula is C23H29ClN2O5S. The highest BCUT2D eigenvalue weighted by molar-refractivity contribution is 7.89. The number of hydroxylamine groups is 1. The van der Waals surface area contributed by atoms with Crippen molar-refractivity contribution < 1.29 is 23.2 Å². The zero-order valence-corrected chi connectivity index (χ0v) is 19.8. The fraction of sp³-hybridized carbons (Fsp3) is 0.348. The minimum Gasteiger partial charge on any atom is -0.493 e. The maximum atomic E-state index is 13.6. The van der Waals surface area contributed by atoms with Gasteiger partial charge in [-0.1, -0.05) is 43.7 Å². The van der Waals surface area contributed by atoms with E-state index in [2.05, 4.69) is 6.58 Å². The number of nitrogens with one attached hydrogen (secondary N) is 1. The summed E-state index contributed by atoms with van der Waals surface area (Å²) in [5, 5.41) is 9.80. The maximum Gasteiger partial charge on any atom is 0.261 e. The average molecular weight is 481 g/mol. The number of nitrogens with zero attached hydrogens (tertiary/aromatic N) is 1. The summed E-state index contributed by atoms with van der Waals surface area (Å²) in [5.41, 5.74) is 2.27. The Labute approximate surface area is 194 Å². The second kappa shape index (κ2) is 12.0. The Hall–Kier alpha value is -2.39. The van der Waals surface area contributed by atoms with Crippen molar-refractivity contribution in [3.63, 3.8) is 0 Å². The van der Waals surface area contributed by atoms with Crippen LogP contribution in [0.2, 0.25) is 5.02 Å². The monoisotopic (exact) mass is 480 g/mol. The third-order valence-corrected chi connectivity index (χ3v) is 6.85. The fourth-order valence-electron chi connectivity index (χ4n) is 3.11. The zero-order valence-electron chi connectivity index (χ0n) is 18.2. The van der Waals surface area contributed by atoms with E-state index in [1.54, 1.807) is 48.0 Å². The van der Waals surface area contributed by atoms with E-state index in [4.69, 9.17) is 16.3 Å². The molecule has 0 saturated carbocycles. The standard InChI is InChI=1S/C23H29ClN2O5S/c1-4-5-14-31-20-10-12-21(13-11-20)32(29,30)26(16-18-6-8-19(24)9-7-18)22(15-17(2)3)23(27)25-28/h4,6-13,17,22,28H,1,5,14-16H2,2-3H3,(H,25,27)/t22-/m1/s1. The number of rotatable bonds is 12. The molecule has 0 spiro atoms. The highest BCUT2D eigenvalue weighted by Crippen LogP contribution is 2.26. The van der Waals surface area contributed by atoms with Gasteiger partial charge >= 0.3 is 0 Å². The maximum absolute atomic E-state index is 13.6. The van der Waals surface area contributed by atoms with Crippen LogP contribution in [-0.2, 0) is 21.4 Å². The molecule has 0 bridgehead atoms. The number of hydrogen-bond donors (Lipinski definition) is 2. The van der Waals surface area contributed by atoms with Crippen LogP contribution >= 0.6 is 11.6 Å². The van der Waals surface area contributed by atoms with Crippen molar-refractivity contribution in [3.8, 4) is 5.75 Å². The Morgan fingerprint density at radius 1 is 1.19 bits per heavy atom. The van der Waals surface area contributed by atoms with E-state index in [0.717, 1.165) is 4.31 Å². The minimum absolute atomic E-state index is 0.000791. The van der Waals surface area contributed by atoms with Crippen LogP contribution in [0.4, 0.5) is 0 Å². The largest absolute Gasteiger partial charge is 0.493 e. The van der Waals surface area contributed by atoms with Gasteiger partial charge in [-0.2, -0.15) is 4.31 Å². The van der Waals surface area contributed by atoms with Gasteiger partial charge < -0.3 is 4.74 Å². The first-order chi connectivity index (χ1) is 15.2. The van der Waals surface area contributed by atoms with Crippen LogP contribution < -0.4 is 10.2 Å². The number of amides is 1. The van der Waals surface area contributed by atoms with Crippen molar-refractivity contribution in [1.82, 2.24) is 9.79 Å². The highest BCUT2D eigenvalue weighted by atomic mass is 35.5. The van der Waals surface area contributed by atoms with Gasteiger partial charge in [0.15, 0.2) is 0 Å². The number of benzene rings is 2. The Kier molecular flexibility index (Phi) is 9.71. The van der Waals surface area contributed by atoms with Crippen LogP contribution in [0.15, 0.2) is 66.1 Å². The third kappa shape index (κ3) is 7.06. The van der Waals surface area contributed by atoms with Gasteiger partial charge in [-0.15, -0.1) is 6.58 Å². The summed E-state index contributed by atoms with van der Waals surface area (Å²) in [4.78, 5) is 12.5. The molecule has 0 aliphatic rings. The molecule has 2 aromatic carbocycles. The van der Waals surface area contributed by atoms with Gasteiger partial charge in [-0.25, -0.2) is 13.9 Å². The summed E-state index contributed by atoms with van der Waals surface area (Å²) in [6, 6.07) is 11.6. The lowest BCUT2D eigenvalue weighted by Gasteiger charge is -2.30. The van der Waals surface area contributed by atoms with E-state index in [-0.39, 0.29) is 23.8 Å². The highest BCUT2D eigenvalue weighted by Gasteiger charge is 2.36. The smallest absolute Gasteiger partial charge is 0.261 e. The second-order valence-corrected chi connectivity index (χ2v) is 10.0. The second-order valence-electron chi connectivity index (χ2n) is 7.70. The van der Waals surface area contributed by atoms with Crippen molar-refractivity contribution in [3.05, 3.63) is 71.8 Å². The topological polar surface area (TPSA) is 95.9 Å². The van der Waals surface area contributed by atoms with E-state index in [1.807, 2.05) is 13.8 Å². The van der Waals surface area contributed by atoms with E-state index in [0.29, 0.717) is 29.4 Å². The van der Waals surface area contributed by atoms with Crippen LogP contribution in [0.3, 0.4) is 0 Å². The molecule has 1 amide bonds. The molecular weight excluding hydrogens is 452 g/mol. The van der Waals surface area contributed by atoms with Crippen LogP contribution in [-0.4, -0.2) is 36.5 Å². The number of carbonyl (C=O) groups excluding carboxylic acids is 1. The molecule has 1 atom stereocenters. The molecule has 0 saturated heterocycles. The van der Waals surface area contributed by atoms with Crippen LogP contribution in [0.25, 0.3) is 0 Å². The number of hydrogen-bond acceptors (Lipinski definition) is 5. The molecule has 2 rings (SSSR count). The molecule has 0 unspecified atom stereocenters. The van der Waals surface area contributed by atoms with E-state index in [1.165, 1.54) is 12.1 Å². The number of carbonyl (C=O) groups is 1. The Morgan fingerprint density at radius 2 is 1.81 bits per heavy atom. The first-order valence-corrected chi connectivity index (χ1v) is 12.0. The van der Waals surface area contributed by atoms with Gasteiger partial charge in [0.2, 0.25) is 10.0 Å². The van der Waals surface area contributed by atoms with Crippen molar-refractivity contribution in [1.29, 1.82) is 0 Å². The zero-order chi connectivity index (χ0) is 23.7. The van der Waals surface area contributed by atoms with Gasteiger partial charge in [-0.3, -0.25) is 10.0 Å². The molecule has 0 aromatic heterocycles. The Balaban J connectivity index is 2.44. The van der Waals surface area contributed by atoms with Gasteiger partial charge in [0.1, 0.15) is 11.8 Å². The molecule has 0 aliphatic heterocycles. The Morgan fingerprint density at radius 3 is 2.34 bits per heavy atom. The predicted octanol–water partition coefficient (Wildman–Crippen LogP) is 4.41. The van der Waals surface area contributed by atoms with Gasteiger partial charge in [0, 0.05) is 11.6 Å². The quantitative estimate of drug-likeness (QED) is 0.203. The molecule has 9 heteroatoms. The summed E-state index contributed by atoms with van der Waals surface area (Å²) in [7, 11) is -4.09. The lowest BCUT2D eigenvalue weighted by molar-refractivity contribution is -0.133. The summed E-state index contributed by atoms with van der Waals surface area (Å²) in [5.74, 6) is -0.261. The normalized spacial score (nSPS) is 12.6. The predicted molar refractivity (Wildman–Crippen MR) is 124 cm³/mol. The van der Waals surface area contributed by atoms with Crippen molar-refractivity contribution in [2.45, 2.75) is 44.2 Å². The number of sulfonamides is 1. The van der Waals surface area contributed by atoms with Crippen LogP contribution in [0.5, 0.6) is 5.75 Å². The summed E-state index contributed by atoms with van der Waals surface area (Å²) >= 11 is 5.95. The van der Waals surface area contributed by atoms with Gasteiger partial charge in [0.05, 0.1) is 11.5 Å². The van der Waals surface area contributed by atoms with Gasteiger partial charge in [-0.05, 0) is 60.7 Å². The van der Waals surface area contributed by atoms with Crippen LogP contribution in [0.1, 0.15) is 32.3 Å². The van der Waals surface area contributed by atoms with E-state index >= 15 is 0 Å². The first-order valence-electron chi connectivity index (χ1n) is 10.2. The van der Waals surface area contributed by atoms with Crippen molar-refractivity contribution >= 4 is 27.5 Å². The van der Waals surface area contributed by atoms with Crippen molar-refractivity contribution in [2.75, 3.05) is 6.61 Å². The molecule has 32 heavy (non-hydrogen) atoms. The molecule has 174 valence electrons. The van der Waals surface area contributed by atoms with E-state index in [9.17, 15) is 18.4 Å².